The fourth-order valence-electron chi connectivity index (χ4n) is 14.3. The lowest BCUT2D eigenvalue weighted by Crippen LogP contribution is -2.70. The third-order valence-corrected chi connectivity index (χ3v) is 17.1. The Morgan fingerprint density at radius 2 is 1.63 bits per heavy atom. The molecule has 10 heteroatoms. The van der Waals surface area contributed by atoms with Crippen molar-refractivity contribution in [2.75, 3.05) is 13.2 Å². The predicted molar refractivity (Wildman–Crippen MR) is 187 cm³/mol. The normalized spacial score (nSPS) is 55.1. The van der Waals surface area contributed by atoms with E-state index in [2.05, 4.69) is 34.6 Å². The smallest absolute Gasteiger partial charge is 0.303 e. The quantitative estimate of drug-likeness (QED) is 0.175. The van der Waals surface area contributed by atoms with Crippen LogP contribution >= 0.6 is 0 Å². The first-order valence-corrected chi connectivity index (χ1v) is 20.7. The van der Waals surface area contributed by atoms with Crippen LogP contribution in [0.2, 0.25) is 0 Å². The molecule has 9 aliphatic rings. The van der Waals surface area contributed by atoms with Crippen molar-refractivity contribution in [3.05, 3.63) is 0 Å². The molecule has 0 aromatic carbocycles. The van der Waals surface area contributed by atoms with Gasteiger partial charge in [-0.1, -0.05) is 34.6 Å². The van der Waals surface area contributed by atoms with Gasteiger partial charge in [-0.05, 0) is 136 Å². The third-order valence-electron chi connectivity index (χ3n) is 17.1. The van der Waals surface area contributed by atoms with Gasteiger partial charge in [-0.25, -0.2) is 9.78 Å². The molecule has 9 rings (SSSR count). The molecule has 0 radical (unpaired) electrons. The van der Waals surface area contributed by atoms with Gasteiger partial charge in [-0.3, -0.25) is 4.79 Å². The molecule has 9 unspecified atom stereocenters. The second-order valence-electron chi connectivity index (χ2n) is 19.4. The third kappa shape index (κ3) is 5.81. The summed E-state index contributed by atoms with van der Waals surface area (Å²) in [5, 5.41) is 32.3. The van der Waals surface area contributed by atoms with E-state index in [0.29, 0.717) is 55.1 Å². The van der Waals surface area contributed by atoms with Crippen molar-refractivity contribution in [1.29, 1.82) is 0 Å². The van der Waals surface area contributed by atoms with Gasteiger partial charge >= 0.3 is 5.97 Å². The van der Waals surface area contributed by atoms with Crippen molar-refractivity contribution in [1.82, 2.24) is 0 Å². The van der Waals surface area contributed by atoms with E-state index in [0.717, 1.165) is 70.6 Å². The maximum Gasteiger partial charge on any atom is 0.303 e. The first kappa shape index (κ1) is 37.1. The Bertz CT molecular complexity index is 1300. The van der Waals surface area contributed by atoms with E-state index in [1.54, 1.807) is 0 Å². The molecule has 4 saturated heterocycles. The Morgan fingerprint density at radius 1 is 0.863 bits per heavy atom. The minimum Gasteiger partial charge on any atom is -0.481 e. The van der Waals surface area contributed by atoms with Crippen LogP contribution < -0.4 is 0 Å². The van der Waals surface area contributed by atoms with Gasteiger partial charge in [0.15, 0.2) is 18.2 Å². The molecule has 19 atom stereocenters. The first-order chi connectivity index (χ1) is 24.2. The summed E-state index contributed by atoms with van der Waals surface area (Å²) in [6.45, 7) is 14.3. The van der Waals surface area contributed by atoms with Crippen molar-refractivity contribution < 1.29 is 48.8 Å². The second kappa shape index (κ2) is 13.4. The molecule has 5 saturated carbocycles. The van der Waals surface area contributed by atoms with Gasteiger partial charge in [-0.2, -0.15) is 0 Å². The van der Waals surface area contributed by atoms with Crippen molar-refractivity contribution in [3.63, 3.8) is 0 Å². The van der Waals surface area contributed by atoms with Crippen LogP contribution in [0, 0.1) is 70.0 Å². The molecule has 5 aliphatic carbocycles. The van der Waals surface area contributed by atoms with Crippen molar-refractivity contribution in [2.45, 2.75) is 167 Å². The molecule has 10 nitrogen and oxygen atoms in total. The summed E-state index contributed by atoms with van der Waals surface area (Å²) in [6, 6.07) is 0. The lowest BCUT2D eigenvalue weighted by molar-refractivity contribution is -0.577. The zero-order valence-electron chi connectivity index (χ0n) is 32.0. The number of fused-ring (bicyclic) bond motifs is 7. The number of carboxylic acid groups (broad SMARTS) is 1. The average Bonchev–Trinajstić information content (AvgIpc) is 3.29. The van der Waals surface area contributed by atoms with Gasteiger partial charge in [0.05, 0.1) is 31.5 Å². The number of aliphatic carboxylic acids is 1. The maximum atomic E-state index is 12.1. The van der Waals surface area contributed by atoms with Crippen LogP contribution in [0.25, 0.3) is 0 Å². The molecular weight excluding hydrogens is 652 g/mol. The SMILES string of the molecule is C[C@H]1C(OCCOC2CC3C[C@H](O)CC[C@]3(C)C3C[C@H](O)[C@@]4(C)C(CC[C@@H]4[C@H](C)CCC(=O)O)C23)OC2O[C@]3(C)CCC4[C@H](C)CCC1[C@@]24OO3. The highest BCUT2D eigenvalue weighted by Gasteiger charge is 2.70. The topological polar surface area (TPSA) is 133 Å². The summed E-state index contributed by atoms with van der Waals surface area (Å²) < 4.78 is 26.8. The van der Waals surface area contributed by atoms with Crippen LogP contribution in [0.4, 0.5) is 0 Å². The zero-order chi connectivity index (χ0) is 36.1. The van der Waals surface area contributed by atoms with Gasteiger partial charge in [0.1, 0.15) is 0 Å². The maximum absolute atomic E-state index is 12.1. The lowest BCUT2D eigenvalue weighted by atomic mass is 9.43. The average molecular weight is 719 g/mol. The minimum atomic E-state index is -0.820. The number of carboxylic acids is 1. The summed E-state index contributed by atoms with van der Waals surface area (Å²) in [7, 11) is 0. The highest BCUT2D eigenvalue weighted by Crippen LogP contribution is 2.69. The van der Waals surface area contributed by atoms with Crippen LogP contribution in [0.1, 0.15) is 125 Å². The van der Waals surface area contributed by atoms with Gasteiger partial charge in [0.25, 0.3) is 0 Å². The summed E-state index contributed by atoms with van der Waals surface area (Å²) in [5.74, 6) is 1.38. The highest BCUT2D eigenvalue weighted by atomic mass is 17.3. The Morgan fingerprint density at radius 3 is 2.41 bits per heavy atom. The molecule has 51 heavy (non-hydrogen) atoms. The van der Waals surface area contributed by atoms with Crippen LogP contribution in [-0.4, -0.2) is 76.8 Å². The Hall–Kier alpha value is -0.850. The van der Waals surface area contributed by atoms with Gasteiger partial charge in [0, 0.05) is 24.7 Å². The van der Waals surface area contributed by atoms with Crippen LogP contribution in [0.15, 0.2) is 0 Å². The fourth-order valence-corrected chi connectivity index (χ4v) is 14.3. The van der Waals surface area contributed by atoms with Gasteiger partial charge in [0.2, 0.25) is 5.79 Å². The van der Waals surface area contributed by atoms with Gasteiger partial charge < -0.3 is 34.3 Å². The van der Waals surface area contributed by atoms with Crippen molar-refractivity contribution in [3.8, 4) is 0 Å². The summed E-state index contributed by atoms with van der Waals surface area (Å²) >= 11 is 0. The van der Waals surface area contributed by atoms with E-state index >= 15 is 0 Å². The van der Waals surface area contributed by atoms with E-state index in [4.69, 9.17) is 28.7 Å². The molecule has 4 aliphatic heterocycles. The highest BCUT2D eigenvalue weighted by molar-refractivity contribution is 5.66. The first-order valence-electron chi connectivity index (χ1n) is 20.7. The number of ether oxygens (including phenoxy) is 4. The van der Waals surface area contributed by atoms with Crippen molar-refractivity contribution >= 4 is 5.97 Å². The van der Waals surface area contributed by atoms with Crippen molar-refractivity contribution in [2.24, 2.45) is 70.0 Å². The van der Waals surface area contributed by atoms with E-state index in [1.165, 1.54) is 0 Å². The molecule has 0 aromatic rings. The number of hydrogen-bond donors (Lipinski definition) is 3. The Balaban J connectivity index is 0.981. The molecule has 0 amide bonds. The molecular formula is C41H66O10. The van der Waals surface area contributed by atoms with E-state index in [-0.39, 0.29) is 53.1 Å². The largest absolute Gasteiger partial charge is 0.481 e. The molecule has 0 aromatic heterocycles. The monoisotopic (exact) mass is 718 g/mol. The Kier molecular flexibility index (Phi) is 9.76. The molecule has 290 valence electrons. The lowest BCUT2D eigenvalue weighted by Gasteiger charge is -2.64. The molecule has 2 bridgehead atoms. The predicted octanol–water partition coefficient (Wildman–Crippen LogP) is 6.70. The van der Waals surface area contributed by atoms with E-state index in [9.17, 15) is 20.1 Å². The standard InChI is InChI=1S/C41H66O10/c1-22(8-12-34(44)45)27-10-11-30-35-31(21-33(43)40(27,30)6)38(4)15-13-26(42)19-25(38)20-32(35)46-17-18-47-36-24(3)29-9-7-23(2)28-14-16-39(5)49-37(48-36)41(28,29)51-50-39/h22-33,35-37,42-43H,7-21H2,1-6H3,(H,44,45)/t22-,23-,24-,25?,26-,27-,28?,29?,30?,31?,32?,33+,35?,36?,37?,38+,39+,40-,41-/m1/s1. The second-order valence-corrected chi connectivity index (χ2v) is 19.4. The van der Waals surface area contributed by atoms with Crippen LogP contribution in [0.3, 0.4) is 0 Å². The summed E-state index contributed by atoms with van der Waals surface area (Å²) in [4.78, 5) is 23.8. The molecule has 4 heterocycles. The molecule has 9 fully saturated rings. The number of aliphatic hydroxyl groups is 2. The van der Waals surface area contributed by atoms with E-state index < -0.39 is 36.0 Å². The minimum absolute atomic E-state index is 0.0202. The van der Waals surface area contributed by atoms with Gasteiger partial charge in [-0.15, -0.1) is 0 Å². The molecule has 1 spiro atoms. The van der Waals surface area contributed by atoms with Crippen LogP contribution in [0.5, 0.6) is 0 Å². The number of carbonyl (C=O) groups is 1. The summed E-state index contributed by atoms with van der Waals surface area (Å²) in [6.07, 6.45) is 9.47. The molecule has 3 N–H and O–H groups in total. The number of rotatable bonds is 9. The summed E-state index contributed by atoms with van der Waals surface area (Å²) in [5.41, 5.74) is -0.821. The zero-order valence-corrected chi connectivity index (χ0v) is 32.0. The fraction of sp³-hybridized carbons (Fsp3) is 0.976. The van der Waals surface area contributed by atoms with Crippen LogP contribution in [-0.2, 0) is 33.5 Å². The number of aliphatic hydroxyl groups excluding tert-OH is 2. The Labute approximate surface area is 304 Å². The number of hydrogen-bond acceptors (Lipinski definition) is 9. The van der Waals surface area contributed by atoms with E-state index in [1.807, 2.05) is 6.92 Å².